The van der Waals surface area contributed by atoms with E-state index in [0.717, 1.165) is 37.8 Å². The number of rotatable bonds is 6. The van der Waals surface area contributed by atoms with E-state index in [1.54, 1.807) is 0 Å². The minimum Gasteiger partial charge on any atom is -0.481 e. The summed E-state index contributed by atoms with van der Waals surface area (Å²) in [5.41, 5.74) is -0.290. The molecule has 1 atom stereocenters. The molecule has 18 heavy (non-hydrogen) atoms. The Morgan fingerprint density at radius 2 is 2.50 bits per heavy atom. The van der Waals surface area contributed by atoms with Gasteiger partial charge in [0.25, 0.3) is 0 Å². The number of aromatic amines is 1. The molecule has 1 fully saturated rings. The lowest BCUT2D eigenvalue weighted by atomic mass is 10.1. The number of aromatic nitrogens is 3. The quantitative estimate of drug-likeness (QED) is 0.717. The van der Waals surface area contributed by atoms with Crippen molar-refractivity contribution in [1.82, 2.24) is 14.8 Å². The summed E-state index contributed by atoms with van der Waals surface area (Å²) in [6.45, 7) is 2.07. The van der Waals surface area contributed by atoms with Crippen LogP contribution in [-0.2, 0) is 16.1 Å². The number of carboxylic acid groups (broad SMARTS) is 1. The normalized spacial score (nSPS) is 19.2. The minimum atomic E-state index is -0.925. The van der Waals surface area contributed by atoms with E-state index in [1.807, 2.05) is 0 Å². The molecule has 0 aromatic carbocycles. The highest BCUT2D eigenvalue weighted by molar-refractivity contribution is 7.99. The smallest absolute Gasteiger partial charge is 0.343 e. The summed E-state index contributed by atoms with van der Waals surface area (Å²) >= 11 is 1.05. The SMILES string of the molecule is O=C(O)CSc1n[nH]c(=O)n1CCC1CCOC1. The van der Waals surface area contributed by atoms with Gasteiger partial charge in [0.15, 0.2) is 5.16 Å². The van der Waals surface area contributed by atoms with E-state index in [0.29, 0.717) is 17.6 Å². The first kappa shape index (κ1) is 13.2. The first-order valence-corrected chi connectivity index (χ1v) is 6.73. The van der Waals surface area contributed by atoms with E-state index in [1.165, 1.54) is 4.57 Å². The van der Waals surface area contributed by atoms with Crippen LogP contribution in [0.1, 0.15) is 12.8 Å². The fourth-order valence-corrected chi connectivity index (χ4v) is 2.55. The Labute approximate surface area is 108 Å². The van der Waals surface area contributed by atoms with Crippen molar-refractivity contribution >= 4 is 17.7 Å². The first-order valence-electron chi connectivity index (χ1n) is 5.74. The Morgan fingerprint density at radius 1 is 1.67 bits per heavy atom. The number of nitrogens with zero attached hydrogens (tertiary/aromatic N) is 2. The van der Waals surface area contributed by atoms with Gasteiger partial charge >= 0.3 is 11.7 Å². The predicted octanol–water partition coefficient (Wildman–Crippen LogP) is 0.175. The molecule has 1 aliphatic rings. The molecule has 0 amide bonds. The molecular weight excluding hydrogens is 258 g/mol. The molecule has 0 saturated carbocycles. The Morgan fingerprint density at radius 3 is 3.17 bits per heavy atom. The van der Waals surface area contributed by atoms with E-state index >= 15 is 0 Å². The predicted molar refractivity (Wildman–Crippen MR) is 64.8 cm³/mol. The van der Waals surface area contributed by atoms with E-state index < -0.39 is 5.97 Å². The Balaban J connectivity index is 1.95. The highest BCUT2D eigenvalue weighted by atomic mass is 32.2. The molecule has 1 aromatic rings. The summed E-state index contributed by atoms with van der Waals surface area (Å²) in [7, 11) is 0. The molecule has 1 aromatic heterocycles. The summed E-state index contributed by atoms with van der Waals surface area (Å²) in [6, 6.07) is 0. The maximum absolute atomic E-state index is 11.5. The van der Waals surface area contributed by atoms with Crippen LogP contribution in [0, 0.1) is 5.92 Å². The largest absolute Gasteiger partial charge is 0.481 e. The molecule has 0 spiro atoms. The zero-order chi connectivity index (χ0) is 13.0. The van der Waals surface area contributed by atoms with Gasteiger partial charge in [0.2, 0.25) is 0 Å². The molecular formula is C10H15N3O4S. The van der Waals surface area contributed by atoms with E-state index in [4.69, 9.17) is 9.84 Å². The van der Waals surface area contributed by atoms with Crippen molar-refractivity contribution in [3.8, 4) is 0 Å². The summed E-state index contributed by atoms with van der Waals surface area (Å²) < 4.78 is 6.76. The van der Waals surface area contributed by atoms with Gasteiger partial charge in [-0.3, -0.25) is 9.36 Å². The zero-order valence-corrected chi connectivity index (χ0v) is 10.6. The molecule has 100 valence electrons. The van der Waals surface area contributed by atoms with Crippen molar-refractivity contribution in [1.29, 1.82) is 0 Å². The molecule has 2 N–H and O–H groups in total. The lowest BCUT2D eigenvalue weighted by Crippen LogP contribution is -2.19. The molecule has 1 aliphatic heterocycles. The summed E-state index contributed by atoms with van der Waals surface area (Å²) in [6.07, 6.45) is 1.87. The van der Waals surface area contributed by atoms with Crippen LogP contribution in [0.4, 0.5) is 0 Å². The van der Waals surface area contributed by atoms with Crippen LogP contribution in [0.15, 0.2) is 9.95 Å². The second-order valence-electron chi connectivity index (χ2n) is 4.16. The molecule has 8 heteroatoms. The number of aliphatic carboxylic acids is 1. The van der Waals surface area contributed by atoms with Crippen LogP contribution >= 0.6 is 11.8 Å². The van der Waals surface area contributed by atoms with E-state index in [-0.39, 0.29) is 11.4 Å². The van der Waals surface area contributed by atoms with Crippen molar-refractivity contribution in [2.24, 2.45) is 5.92 Å². The van der Waals surface area contributed by atoms with Crippen LogP contribution in [0.2, 0.25) is 0 Å². The van der Waals surface area contributed by atoms with Crippen molar-refractivity contribution in [2.45, 2.75) is 24.5 Å². The molecule has 0 radical (unpaired) electrons. The van der Waals surface area contributed by atoms with Crippen molar-refractivity contribution in [3.05, 3.63) is 10.5 Å². The number of ether oxygens (including phenoxy) is 1. The maximum atomic E-state index is 11.5. The van der Waals surface area contributed by atoms with Crippen molar-refractivity contribution < 1.29 is 14.6 Å². The van der Waals surface area contributed by atoms with E-state index in [9.17, 15) is 9.59 Å². The standard InChI is InChI=1S/C10H15N3O4S/c14-8(15)6-18-10-12-11-9(16)13(10)3-1-7-2-4-17-5-7/h7H,1-6H2,(H,11,16)(H,14,15). The lowest BCUT2D eigenvalue weighted by molar-refractivity contribution is -0.133. The zero-order valence-electron chi connectivity index (χ0n) is 9.79. The van der Waals surface area contributed by atoms with Gasteiger partial charge in [0, 0.05) is 19.8 Å². The van der Waals surface area contributed by atoms with Crippen LogP contribution in [-0.4, -0.2) is 44.8 Å². The van der Waals surface area contributed by atoms with Crippen LogP contribution < -0.4 is 5.69 Å². The van der Waals surface area contributed by atoms with Gasteiger partial charge in [0.05, 0.1) is 5.75 Å². The molecule has 1 saturated heterocycles. The third kappa shape index (κ3) is 3.36. The fraction of sp³-hybridized carbons (Fsp3) is 0.700. The Hall–Kier alpha value is -1.28. The average molecular weight is 273 g/mol. The summed E-state index contributed by atoms with van der Waals surface area (Å²) in [5, 5.41) is 15.2. The average Bonchev–Trinajstić information content (AvgIpc) is 2.94. The second-order valence-corrected chi connectivity index (χ2v) is 5.11. The van der Waals surface area contributed by atoms with Gasteiger partial charge in [-0.2, -0.15) is 0 Å². The Kier molecular flexibility index (Phi) is 4.43. The molecule has 2 rings (SSSR count). The Bertz CT molecular complexity index is 464. The van der Waals surface area contributed by atoms with Crippen molar-refractivity contribution in [2.75, 3.05) is 19.0 Å². The van der Waals surface area contributed by atoms with Gasteiger partial charge in [-0.1, -0.05) is 11.8 Å². The lowest BCUT2D eigenvalue weighted by Gasteiger charge is -2.08. The molecule has 2 heterocycles. The van der Waals surface area contributed by atoms with E-state index in [2.05, 4.69) is 10.2 Å². The molecule has 0 aliphatic carbocycles. The number of carbonyl (C=O) groups is 1. The van der Waals surface area contributed by atoms with Gasteiger partial charge < -0.3 is 9.84 Å². The summed E-state index contributed by atoms with van der Waals surface area (Å²) in [5.74, 6) is -0.549. The number of H-pyrrole nitrogens is 1. The molecule has 7 nitrogen and oxygen atoms in total. The summed E-state index contributed by atoms with van der Waals surface area (Å²) in [4.78, 5) is 22.0. The highest BCUT2D eigenvalue weighted by Gasteiger charge is 2.17. The van der Waals surface area contributed by atoms with Crippen LogP contribution in [0.5, 0.6) is 0 Å². The third-order valence-corrected chi connectivity index (χ3v) is 3.79. The highest BCUT2D eigenvalue weighted by Crippen LogP contribution is 2.19. The molecule has 1 unspecified atom stereocenters. The molecule has 0 bridgehead atoms. The third-order valence-electron chi connectivity index (χ3n) is 2.83. The number of nitrogens with one attached hydrogen (secondary N) is 1. The number of hydrogen-bond acceptors (Lipinski definition) is 5. The van der Waals surface area contributed by atoms with Crippen molar-refractivity contribution in [3.63, 3.8) is 0 Å². The minimum absolute atomic E-state index is 0.100. The topological polar surface area (TPSA) is 97.2 Å². The number of carboxylic acids is 1. The van der Waals surface area contributed by atoms with Gasteiger partial charge in [0.1, 0.15) is 0 Å². The van der Waals surface area contributed by atoms with Crippen LogP contribution in [0.3, 0.4) is 0 Å². The second kappa shape index (κ2) is 6.05. The first-order chi connectivity index (χ1) is 8.66. The van der Waals surface area contributed by atoms with Gasteiger partial charge in [-0.25, -0.2) is 9.89 Å². The van der Waals surface area contributed by atoms with Gasteiger partial charge in [-0.05, 0) is 18.8 Å². The fourth-order valence-electron chi connectivity index (χ4n) is 1.86. The maximum Gasteiger partial charge on any atom is 0.343 e. The van der Waals surface area contributed by atoms with Gasteiger partial charge in [-0.15, -0.1) is 5.10 Å². The van der Waals surface area contributed by atoms with Crippen LogP contribution in [0.25, 0.3) is 0 Å². The monoisotopic (exact) mass is 273 g/mol. The number of hydrogen-bond donors (Lipinski definition) is 2. The number of thioether (sulfide) groups is 1.